The smallest absolute Gasteiger partial charge is 0.0297 e. The third-order valence-corrected chi connectivity index (χ3v) is 33.9. The van der Waals surface area contributed by atoms with Crippen molar-refractivity contribution in [3.8, 4) is 0 Å². The lowest BCUT2D eigenvalue weighted by atomic mass is 9.56. The molecule has 0 aromatic rings. The summed E-state index contributed by atoms with van der Waals surface area (Å²) in [6, 6.07) is 0. The van der Waals surface area contributed by atoms with Crippen LogP contribution in [0.3, 0.4) is 0 Å². The molecule has 0 amide bonds. The van der Waals surface area contributed by atoms with Crippen LogP contribution in [0.1, 0.15) is 488 Å². The Labute approximate surface area is 654 Å². The summed E-state index contributed by atoms with van der Waals surface area (Å²) in [7, 11) is 0. The monoisotopic (exact) mass is 1440 g/mol. The first kappa shape index (κ1) is 95.4. The van der Waals surface area contributed by atoms with Gasteiger partial charge in [-0.3, -0.25) is 0 Å². The van der Waals surface area contributed by atoms with Crippen molar-refractivity contribution in [2.45, 2.75) is 488 Å². The Morgan fingerprint density at radius 2 is 0.689 bits per heavy atom. The van der Waals surface area contributed by atoms with Crippen LogP contribution in [0.15, 0.2) is 0 Å². The van der Waals surface area contributed by atoms with E-state index < -0.39 is 0 Å². The van der Waals surface area contributed by atoms with Crippen LogP contribution in [0.4, 0.5) is 0 Å². The highest BCUT2D eigenvalue weighted by molar-refractivity contribution is 5.01. The van der Waals surface area contributed by atoms with Crippen molar-refractivity contribution in [1.29, 1.82) is 0 Å². The van der Waals surface area contributed by atoms with E-state index in [9.17, 15) is 0 Å². The fourth-order valence-electron chi connectivity index (χ4n) is 28.6. The summed E-state index contributed by atoms with van der Waals surface area (Å²) in [6.45, 7) is 91.6. The summed E-state index contributed by atoms with van der Waals surface area (Å²) in [5.74, 6) is 16.5. The molecule has 10 unspecified atom stereocenters. The zero-order valence-electron chi connectivity index (χ0n) is 79.0. The van der Waals surface area contributed by atoms with E-state index in [1.807, 2.05) is 0 Å². The Kier molecular flexibility index (Phi) is 34.5. The molecule has 0 aliphatic heterocycles. The summed E-state index contributed by atoms with van der Waals surface area (Å²) in [5, 5.41) is 0. The molecule has 0 nitrogen and oxygen atoms in total. The second kappa shape index (κ2) is 37.3. The minimum absolute atomic E-state index is 0.547. The van der Waals surface area contributed by atoms with Gasteiger partial charge in [0.25, 0.3) is 0 Å². The van der Waals surface area contributed by atoms with Gasteiger partial charge in [-0.2, -0.15) is 0 Å². The minimum Gasteiger partial charge on any atom is -0.0651 e. The second-order valence-electron chi connectivity index (χ2n) is 51.5. The molecule has 11 atom stereocenters. The highest BCUT2D eigenvalue weighted by Gasteiger charge is 2.51. The summed E-state index contributed by atoms with van der Waals surface area (Å²) < 4.78 is 0. The van der Waals surface area contributed by atoms with E-state index in [0.29, 0.717) is 75.8 Å². The van der Waals surface area contributed by atoms with Gasteiger partial charge in [-0.15, -0.1) is 0 Å². The Morgan fingerprint density at radius 1 is 0.282 bits per heavy atom. The summed E-state index contributed by atoms with van der Waals surface area (Å²) >= 11 is 0. The Balaban J connectivity index is 0.000000243. The molecule has 0 heterocycles. The number of hydrogen-bond donors (Lipinski definition) is 0. The van der Waals surface area contributed by atoms with Crippen LogP contribution in [0.5, 0.6) is 0 Å². The fraction of sp³-hybridized carbons (Fsp3) is 1.00. The molecule has 13 rings (SSSR count). The molecule has 103 heavy (non-hydrogen) atoms. The Morgan fingerprint density at radius 3 is 0.951 bits per heavy atom. The van der Waals surface area contributed by atoms with Crippen molar-refractivity contribution in [3.05, 3.63) is 0 Å². The van der Waals surface area contributed by atoms with Gasteiger partial charge in [-0.05, 0) is 331 Å². The van der Waals surface area contributed by atoms with Crippen molar-refractivity contribution in [2.75, 3.05) is 0 Å². The molecule has 13 aliphatic carbocycles. The Bertz CT molecular complexity index is 2260. The van der Waals surface area contributed by atoms with Crippen LogP contribution in [0, 0.1) is 170 Å². The van der Waals surface area contributed by atoms with Gasteiger partial charge in [0.2, 0.25) is 0 Å². The van der Waals surface area contributed by atoms with Gasteiger partial charge in [-0.25, -0.2) is 0 Å². The topological polar surface area (TPSA) is 0 Å². The van der Waals surface area contributed by atoms with Gasteiger partial charge in [0.1, 0.15) is 0 Å². The van der Waals surface area contributed by atoms with Gasteiger partial charge in [0.15, 0.2) is 0 Å². The lowest BCUT2D eigenvalue weighted by Crippen LogP contribution is -2.38. The molecular formula is C103H200. The average Bonchev–Trinajstić information content (AvgIpc) is 1.51. The van der Waals surface area contributed by atoms with E-state index in [0.717, 1.165) is 94.7 Å². The average molecular weight is 1440 g/mol. The number of fused-ring (bicyclic) bond motifs is 6. The summed E-state index contributed by atoms with van der Waals surface area (Å²) in [5.41, 5.74) is 8.28. The number of rotatable bonds is 3. The van der Waals surface area contributed by atoms with Crippen LogP contribution >= 0.6 is 0 Å². The van der Waals surface area contributed by atoms with Crippen molar-refractivity contribution in [2.24, 2.45) is 170 Å². The van der Waals surface area contributed by atoms with Crippen molar-refractivity contribution >= 4 is 0 Å². The van der Waals surface area contributed by atoms with Gasteiger partial charge in [0.05, 0.1) is 0 Å². The number of hydrogen-bond acceptors (Lipinski definition) is 0. The second-order valence-corrected chi connectivity index (χ2v) is 51.5. The molecule has 0 N–H and O–H groups in total. The van der Waals surface area contributed by atoms with Gasteiger partial charge in [0, 0.05) is 0 Å². The first-order valence-electron chi connectivity index (χ1n) is 46.6. The van der Waals surface area contributed by atoms with Gasteiger partial charge < -0.3 is 0 Å². The Hall–Kier alpha value is 0. The molecule has 0 aromatic heterocycles. The quantitative estimate of drug-likeness (QED) is 0.264. The molecule has 0 saturated heterocycles. The molecule has 13 saturated carbocycles. The van der Waals surface area contributed by atoms with Crippen LogP contribution in [0.2, 0.25) is 0 Å². The third kappa shape index (κ3) is 30.1. The molecule has 6 bridgehead atoms. The van der Waals surface area contributed by atoms with Gasteiger partial charge >= 0.3 is 0 Å². The predicted molar refractivity (Wildman–Crippen MR) is 467 cm³/mol. The molecule has 0 radical (unpaired) electrons. The normalized spacial score (nSPS) is 36.1. The predicted octanol–water partition coefficient (Wildman–Crippen LogP) is 35.1. The molecule has 13 fully saturated rings. The van der Waals surface area contributed by atoms with Crippen LogP contribution in [-0.2, 0) is 0 Å². The van der Waals surface area contributed by atoms with Crippen LogP contribution in [-0.4, -0.2) is 0 Å². The minimum atomic E-state index is 0.547. The molecule has 0 spiro atoms. The maximum atomic E-state index is 2.46. The van der Waals surface area contributed by atoms with E-state index in [1.54, 1.807) is 32.1 Å². The molecule has 0 aromatic carbocycles. The highest BCUT2D eigenvalue weighted by Crippen LogP contribution is 2.60. The zero-order chi connectivity index (χ0) is 79.0. The maximum absolute atomic E-state index is 2.46. The van der Waals surface area contributed by atoms with E-state index in [2.05, 4.69) is 263 Å². The summed E-state index contributed by atoms with van der Waals surface area (Å²) in [6.07, 6.45) is 50.9. The van der Waals surface area contributed by atoms with Crippen LogP contribution < -0.4 is 0 Å². The third-order valence-electron chi connectivity index (χ3n) is 33.9. The standard InChI is InChI=1S/2C12H24.3C11H22.C10H18.2C9H16.2C9H18/c1-10(2)7-11(3,4)9-12(5,6)8-10;1-6-10-7-11(2,3)9-12(4,5)8-10;1-9-6-10(2,3)8-11(4,5)7-9;1-9-10(2,3)7-6-8-11(9,4)5;1-6-9-10(2,3)7-8-11(9,4)5;1-7-8-4-5-9(6-8)10(7,2)3;1-6-7(2)9-4-3-8(6)5-9;1-2-8-5-7-3-4-9(8)6-7;1-8-4-6-9(2,3)7-5-8;1-8-6-4-5-7-9(8,2)3/h7-9H2,1-6H3;10H,6-9H2,1-5H3;3*9H,6-8H2,1-5H3;7-9H,4-6H2,1-3H3;6-9H,3-5H2,1-2H3;7-9H,2-6H2,1H3;2*8H,4-7H2,1-3H3/t;;;;;;;;;8-/m.........1/s1. The van der Waals surface area contributed by atoms with Crippen LogP contribution in [0.25, 0.3) is 0 Å². The maximum Gasteiger partial charge on any atom is -0.0297 e. The van der Waals surface area contributed by atoms with Gasteiger partial charge in [-0.1, -0.05) is 327 Å². The zero-order valence-corrected chi connectivity index (χ0v) is 79.0. The first-order valence-corrected chi connectivity index (χ1v) is 46.6. The molecule has 13 aliphatic rings. The molecular weight excluding hydrogens is 1240 g/mol. The largest absolute Gasteiger partial charge is 0.0651 e. The first-order chi connectivity index (χ1) is 46.6. The summed E-state index contributed by atoms with van der Waals surface area (Å²) in [4.78, 5) is 0. The van der Waals surface area contributed by atoms with Crippen molar-refractivity contribution in [1.82, 2.24) is 0 Å². The molecule has 612 valence electrons. The van der Waals surface area contributed by atoms with E-state index in [4.69, 9.17) is 0 Å². The van der Waals surface area contributed by atoms with E-state index >= 15 is 0 Å². The lowest BCUT2D eigenvalue weighted by Gasteiger charge is -2.49. The van der Waals surface area contributed by atoms with Crippen molar-refractivity contribution < 1.29 is 0 Å². The molecule has 0 heteroatoms. The van der Waals surface area contributed by atoms with E-state index in [1.165, 1.54) is 193 Å². The fourth-order valence-corrected chi connectivity index (χ4v) is 28.6. The SMILES string of the molecule is CC1(C)CC(C)(C)CC(C)(C)C1.CC1C(C)(C)CCCC1(C)C.CC1C2CCC(C2)C1(C)C.CC1C2CCC(C2)C1C.CC1CC(C)(C)CC(C)(C)C1.CC1CCC(C)(C)CC1.CCC1C(C)(C)CCC1(C)C.CCC1CC(C)(C)CC(C)(C)C1.CCC1CC2CCC1C2.C[C@@H]1CCCCC1(C)C. The van der Waals surface area contributed by atoms with Crippen molar-refractivity contribution in [3.63, 3.8) is 0 Å². The lowest BCUT2D eigenvalue weighted by molar-refractivity contribution is 0.0202. The highest BCUT2D eigenvalue weighted by atomic mass is 14.6. The van der Waals surface area contributed by atoms with E-state index in [-0.39, 0.29) is 0 Å².